The van der Waals surface area contributed by atoms with Crippen LogP contribution in [0.25, 0.3) is 17.3 Å². The summed E-state index contributed by atoms with van der Waals surface area (Å²) >= 11 is 0. The second-order valence-corrected chi connectivity index (χ2v) is 3.91. The zero-order valence-corrected chi connectivity index (χ0v) is 10.5. The van der Waals surface area contributed by atoms with Gasteiger partial charge in [0.25, 0.3) is 0 Å². The lowest BCUT2D eigenvalue weighted by molar-refractivity contribution is -0.113. The molecule has 4 nitrogen and oxygen atoms in total. The Morgan fingerprint density at radius 1 is 1.21 bits per heavy atom. The molecule has 0 saturated carbocycles. The van der Waals surface area contributed by atoms with E-state index in [1.807, 2.05) is 42.5 Å². The number of nitrogens with two attached hydrogens (primary N) is 1. The number of amides is 1. The van der Waals surface area contributed by atoms with Crippen LogP contribution in [0.2, 0.25) is 0 Å². The van der Waals surface area contributed by atoms with Crippen molar-refractivity contribution in [2.75, 3.05) is 7.11 Å². The molecule has 0 aliphatic heterocycles. The van der Waals surface area contributed by atoms with Gasteiger partial charge in [0.15, 0.2) is 0 Å². The number of aromatic nitrogens is 1. The van der Waals surface area contributed by atoms with E-state index in [2.05, 4.69) is 4.98 Å². The Bertz CT molecular complexity index is 604. The molecule has 1 amide bonds. The number of ether oxygens (including phenoxy) is 1. The van der Waals surface area contributed by atoms with Crippen molar-refractivity contribution in [1.82, 2.24) is 4.98 Å². The zero-order chi connectivity index (χ0) is 13.7. The summed E-state index contributed by atoms with van der Waals surface area (Å²) in [4.78, 5) is 15.1. The van der Waals surface area contributed by atoms with Crippen LogP contribution in [-0.4, -0.2) is 18.0 Å². The number of rotatable bonds is 4. The molecule has 0 unspecified atom stereocenters. The molecule has 0 fully saturated rings. The summed E-state index contributed by atoms with van der Waals surface area (Å²) in [5.41, 5.74) is 7.55. The van der Waals surface area contributed by atoms with Gasteiger partial charge in [-0.1, -0.05) is 6.07 Å². The highest BCUT2D eigenvalue weighted by Crippen LogP contribution is 2.20. The predicted molar refractivity (Wildman–Crippen MR) is 74.5 cm³/mol. The highest BCUT2D eigenvalue weighted by atomic mass is 16.5. The molecule has 0 atom stereocenters. The van der Waals surface area contributed by atoms with Crippen LogP contribution >= 0.6 is 0 Å². The van der Waals surface area contributed by atoms with E-state index in [1.165, 1.54) is 6.08 Å². The first kappa shape index (κ1) is 12.8. The third-order valence-corrected chi connectivity index (χ3v) is 2.57. The molecule has 0 radical (unpaired) electrons. The average molecular weight is 254 g/mol. The van der Waals surface area contributed by atoms with E-state index in [1.54, 1.807) is 13.2 Å². The minimum Gasteiger partial charge on any atom is -0.497 e. The molecule has 0 spiro atoms. The van der Waals surface area contributed by atoms with Gasteiger partial charge in [-0.2, -0.15) is 0 Å². The molecule has 0 bridgehead atoms. The van der Waals surface area contributed by atoms with Crippen LogP contribution in [0.1, 0.15) is 5.69 Å². The van der Waals surface area contributed by atoms with E-state index in [9.17, 15) is 4.79 Å². The van der Waals surface area contributed by atoms with Gasteiger partial charge in [0.05, 0.1) is 18.5 Å². The van der Waals surface area contributed by atoms with E-state index < -0.39 is 5.91 Å². The number of carbonyl (C=O) groups is 1. The van der Waals surface area contributed by atoms with Gasteiger partial charge < -0.3 is 10.5 Å². The van der Waals surface area contributed by atoms with Crippen molar-refractivity contribution < 1.29 is 9.53 Å². The SMILES string of the molecule is COc1ccc(-c2cccc(/C=C\C(N)=O)n2)cc1. The second kappa shape index (κ2) is 5.82. The molecule has 0 aliphatic carbocycles. The van der Waals surface area contributed by atoms with Gasteiger partial charge in [-0.15, -0.1) is 0 Å². The molecular formula is C15H14N2O2. The second-order valence-electron chi connectivity index (χ2n) is 3.91. The first-order valence-electron chi connectivity index (χ1n) is 5.78. The molecular weight excluding hydrogens is 240 g/mol. The number of pyridine rings is 1. The Morgan fingerprint density at radius 2 is 1.95 bits per heavy atom. The third-order valence-electron chi connectivity index (χ3n) is 2.57. The molecule has 4 heteroatoms. The number of hydrogen-bond acceptors (Lipinski definition) is 3. The van der Waals surface area contributed by atoms with Crippen molar-refractivity contribution >= 4 is 12.0 Å². The lowest BCUT2D eigenvalue weighted by atomic mass is 10.1. The molecule has 2 aromatic rings. The monoisotopic (exact) mass is 254 g/mol. The number of hydrogen-bond donors (Lipinski definition) is 1. The topological polar surface area (TPSA) is 65.2 Å². The van der Waals surface area contributed by atoms with Crippen molar-refractivity contribution in [3.05, 3.63) is 54.2 Å². The van der Waals surface area contributed by atoms with Crippen molar-refractivity contribution in [2.24, 2.45) is 5.73 Å². The molecule has 0 aliphatic rings. The quantitative estimate of drug-likeness (QED) is 0.851. The fraction of sp³-hybridized carbons (Fsp3) is 0.0667. The van der Waals surface area contributed by atoms with Gasteiger partial charge in [-0.05, 0) is 42.5 Å². The standard InChI is InChI=1S/C15H14N2O2/c1-19-13-8-5-11(6-9-13)14-4-2-3-12(17-14)7-10-15(16)18/h2-10H,1H3,(H2,16,18)/b10-7-. The largest absolute Gasteiger partial charge is 0.497 e. The smallest absolute Gasteiger partial charge is 0.241 e. The summed E-state index contributed by atoms with van der Waals surface area (Å²) < 4.78 is 5.11. The molecule has 1 heterocycles. The minimum atomic E-state index is -0.489. The van der Waals surface area contributed by atoms with Crippen LogP contribution in [0.3, 0.4) is 0 Å². The average Bonchev–Trinajstić information content (AvgIpc) is 2.45. The summed E-state index contributed by atoms with van der Waals surface area (Å²) in [6.45, 7) is 0. The highest BCUT2D eigenvalue weighted by Gasteiger charge is 2.00. The zero-order valence-electron chi connectivity index (χ0n) is 10.5. The molecule has 19 heavy (non-hydrogen) atoms. The minimum absolute atomic E-state index is 0.489. The lowest BCUT2D eigenvalue weighted by Gasteiger charge is -2.04. The first-order chi connectivity index (χ1) is 9.19. The van der Waals surface area contributed by atoms with Gasteiger partial charge in [0.1, 0.15) is 5.75 Å². The van der Waals surface area contributed by atoms with Crippen LogP contribution in [0.15, 0.2) is 48.5 Å². The number of nitrogens with zero attached hydrogens (tertiary/aromatic N) is 1. The molecule has 2 N–H and O–H groups in total. The van der Waals surface area contributed by atoms with Crippen LogP contribution in [-0.2, 0) is 4.79 Å². The Balaban J connectivity index is 2.29. The fourth-order valence-corrected chi connectivity index (χ4v) is 1.63. The van der Waals surface area contributed by atoms with E-state index in [-0.39, 0.29) is 0 Å². The Hall–Kier alpha value is -2.62. The maximum Gasteiger partial charge on any atom is 0.241 e. The van der Waals surface area contributed by atoms with E-state index in [0.717, 1.165) is 17.0 Å². The number of carbonyl (C=O) groups excluding carboxylic acids is 1. The molecule has 1 aromatic carbocycles. The maximum atomic E-state index is 10.7. The lowest BCUT2D eigenvalue weighted by Crippen LogP contribution is -2.05. The Morgan fingerprint density at radius 3 is 2.58 bits per heavy atom. The van der Waals surface area contributed by atoms with Crippen LogP contribution < -0.4 is 10.5 Å². The van der Waals surface area contributed by atoms with Crippen molar-refractivity contribution in [3.63, 3.8) is 0 Å². The number of methoxy groups -OCH3 is 1. The van der Waals surface area contributed by atoms with Crippen LogP contribution in [0, 0.1) is 0 Å². The molecule has 1 aromatic heterocycles. The summed E-state index contributed by atoms with van der Waals surface area (Å²) in [6, 6.07) is 13.2. The van der Waals surface area contributed by atoms with Gasteiger partial charge in [-0.25, -0.2) is 4.98 Å². The van der Waals surface area contributed by atoms with E-state index in [4.69, 9.17) is 10.5 Å². The van der Waals surface area contributed by atoms with Crippen molar-refractivity contribution in [3.8, 4) is 17.0 Å². The summed E-state index contributed by atoms with van der Waals surface area (Å²) in [7, 11) is 1.63. The molecule has 2 rings (SSSR count). The fourth-order valence-electron chi connectivity index (χ4n) is 1.63. The van der Waals surface area contributed by atoms with Crippen LogP contribution in [0.4, 0.5) is 0 Å². The summed E-state index contributed by atoms with van der Waals surface area (Å²) in [5.74, 6) is 0.310. The van der Waals surface area contributed by atoms with E-state index in [0.29, 0.717) is 5.69 Å². The first-order valence-corrected chi connectivity index (χ1v) is 5.78. The third kappa shape index (κ3) is 3.42. The normalized spacial score (nSPS) is 10.6. The van der Waals surface area contributed by atoms with Gasteiger partial charge in [0, 0.05) is 11.6 Å². The molecule has 0 saturated heterocycles. The van der Waals surface area contributed by atoms with Crippen molar-refractivity contribution in [1.29, 1.82) is 0 Å². The summed E-state index contributed by atoms with van der Waals surface area (Å²) in [5, 5.41) is 0. The highest BCUT2D eigenvalue weighted by molar-refractivity contribution is 5.90. The van der Waals surface area contributed by atoms with Gasteiger partial charge in [-0.3, -0.25) is 4.79 Å². The van der Waals surface area contributed by atoms with Crippen LogP contribution in [0.5, 0.6) is 5.75 Å². The Kier molecular flexibility index (Phi) is 3.93. The summed E-state index contributed by atoms with van der Waals surface area (Å²) in [6.07, 6.45) is 2.88. The van der Waals surface area contributed by atoms with Gasteiger partial charge in [0.2, 0.25) is 5.91 Å². The van der Waals surface area contributed by atoms with E-state index >= 15 is 0 Å². The number of primary amides is 1. The Labute approximate surface area is 111 Å². The van der Waals surface area contributed by atoms with Gasteiger partial charge >= 0.3 is 0 Å². The predicted octanol–water partition coefficient (Wildman–Crippen LogP) is 2.26. The maximum absolute atomic E-state index is 10.7. The van der Waals surface area contributed by atoms with Crippen molar-refractivity contribution in [2.45, 2.75) is 0 Å². The molecule has 96 valence electrons. The number of benzene rings is 1.